The van der Waals surface area contributed by atoms with Crippen molar-refractivity contribution >= 4 is 23.2 Å². The zero-order valence-electron chi connectivity index (χ0n) is 11.4. The molecule has 2 nitrogen and oxygen atoms in total. The van der Waals surface area contributed by atoms with Gasteiger partial charge in [-0.1, -0.05) is 49.9 Å². The van der Waals surface area contributed by atoms with Gasteiger partial charge in [0.1, 0.15) is 5.75 Å². The molecule has 1 aliphatic carbocycles. The molecule has 1 aromatic rings. The second kappa shape index (κ2) is 6.34. The third-order valence-electron chi connectivity index (χ3n) is 4.37. The summed E-state index contributed by atoms with van der Waals surface area (Å²) in [5.41, 5.74) is 0.767. The van der Waals surface area contributed by atoms with Crippen molar-refractivity contribution in [3.05, 3.63) is 27.7 Å². The van der Waals surface area contributed by atoms with E-state index in [1.165, 1.54) is 19.3 Å². The Bertz CT molecular complexity index is 450. The molecule has 0 aliphatic heterocycles. The smallest absolute Gasteiger partial charge is 0.138 e. The van der Waals surface area contributed by atoms with Crippen molar-refractivity contribution in [3.8, 4) is 5.75 Å². The second-order valence-corrected chi connectivity index (χ2v) is 6.49. The number of benzene rings is 1. The minimum atomic E-state index is 0.134. The van der Waals surface area contributed by atoms with E-state index in [-0.39, 0.29) is 5.75 Å². The van der Waals surface area contributed by atoms with E-state index in [1.54, 1.807) is 12.1 Å². The van der Waals surface area contributed by atoms with Gasteiger partial charge in [-0.3, -0.25) is 0 Å². The molecule has 4 heteroatoms. The molecule has 106 valence electrons. The fourth-order valence-corrected chi connectivity index (χ4v) is 3.40. The Morgan fingerprint density at radius 3 is 2.74 bits per heavy atom. The first-order valence-corrected chi connectivity index (χ1v) is 7.65. The largest absolute Gasteiger partial charge is 0.506 e. The third-order valence-corrected chi connectivity index (χ3v) is 4.87. The Hall–Kier alpha value is -0.440. The lowest BCUT2D eigenvalue weighted by molar-refractivity contribution is 0.205. The van der Waals surface area contributed by atoms with Crippen molar-refractivity contribution < 1.29 is 5.11 Å². The van der Waals surface area contributed by atoms with Gasteiger partial charge in [0, 0.05) is 23.2 Å². The van der Waals surface area contributed by atoms with Crippen LogP contribution in [0.5, 0.6) is 5.75 Å². The number of phenolic OH excluding ortho intramolecular Hbond substituents is 1. The van der Waals surface area contributed by atoms with E-state index >= 15 is 0 Å². The monoisotopic (exact) mass is 301 g/mol. The van der Waals surface area contributed by atoms with Crippen molar-refractivity contribution in [2.45, 2.75) is 45.7 Å². The molecule has 1 aliphatic rings. The lowest BCUT2D eigenvalue weighted by Gasteiger charge is -2.34. The van der Waals surface area contributed by atoms with Gasteiger partial charge in [0.2, 0.25) is 0 Å². The molecule has 0 spiro atoms. The van der Waals surface area contributed by atoms with Gasteiger partial charge >= 0.3 is 0 Å². The van der Waals surface area contributed by atoms with Crippen molar-refractivity contribution in [3.63, 3.8) is 0 Å². The number of aromatic hydroxyl groups is 1. The molecular formula is C15H21Cl2NO. The molecule has 2 rings (SSSR count). The molecular weight excluding hydrogens is 281 g/mol. The minimum Gasteiger partial charge on any atom is -0.506 e. The topological polar surface area (TPSA) is 32.3 Å². The van der Waals surface area contributed by atoms with Crippen molar-refractivity contribution in [2.24, 2.45) is 11.8 Å². The normalized spacial score (nSPS) is 27.5. The number of hydrogen-bond donors (Lipinski definition) is 2. The highest BCUT2D eigenvalue weighted by molar-refractivity contribution is 6.35. The highest BCUT2D eigenvalue weighted by Crippen LogP contribution is 2.33. The first-order chi connectivity index (χ1) is 8.99. The summed E-state index contributed by atoms with van der Waals surface area (Å²) in [7, 11) is 0. The van der Waals surface area contributed by atoms with Crippen molar-refractivity contribution in [2.75, 3.05) is 0 Å². The zero-order valence-corrected chi connectivity index (χ0v) is 12.9. The summed E-state index contributed by atoms with van der Waals surface area (Å²) in [4.78, 5) is 0. The number of rotatable bonds is 3. The van der Waals surface area contributed by atoms with Crippen LogP contribution in [-0.2, 0) is 6.54 Å². The summed E-state index contributed by atoms with van der Waals surface area (Å²) in [6, 6.07) is 3.83. The van der Waals surface area contributed by atoms with Gasteiger partial charge < -0.3 is 10.4 Å². The molecule has 19 heavy (non-hydrogen) atoms. The van der Waals surface area contributed by atoms with E-state index in [4.69, 9.17) is 23.2 Å². The van der Waals surface area contributed by atoms with Crippen molar-refractivity contribution in [1.29, 1.82) is 0 Å². The van der Waals surface area contributed by atoms with Crippen LogP contribution < -0.4 is 5.32 Å². The molecule has 1 fully saturated rings. The number of hydrogen-bond acceptors (Lipinski definition) is 2. The van der Waals surface area contributed by atoms with Crippen LogP contribution in [0.15, 0.2) is 12.1 Å². The summed E-state index contributed by atoms with van der Waals surface area (Å²) in [6.07, 6.45) is 3.78. The van der Waals surface area contributed by atoms with Gasteiger partial charge in [0.15, 0.2) is 0 Å². The summed E-state index contributed by atoms with van der Waals surface area (Å²) in [6.45, 7) is 5.21. The highest BCUT2D eigenvalue weighted by atomic mass is 35.5. The van der Waals surface area contributed by atoms with Gasteiger partial charge in [0.05, 0.1) is 5.02 Å². The SMILES string of the molecule is CC1CCCC(NCc2cc(Cl)cc(Cl)c2O)C1C. The fourth-order valence-electron chi connectivity index (χ4n) is 2.87. The van der Waals surface area contributed by atoms with Gasteiger partial charge in [-0.25, -0.2) is 0 Å². The van der Waals surface area contributed by atoms with Crippen LogP contribution >= 0.6 is 23.2 Å². The minimum absolute atomic E-state index is 0.134. The first kappa shape index (κ1) is 15.0. The van der Waals surface area contributed by atoms with E-state index < -0.39 is 0 Å². The van der Waals surface area contributed by atoms with Crippen LogP contribution in [0.4, 0.5) is 0 Å². The Kier molecular flexibility index (Phi) is 4.99. The van der Waals surface area contributed by atoms with Crippen LogP contribution in [0.3, 0.4) is 0 Å². The van der Waals surface area contributed by atoms with E-state index in [2.05, 4.69) is 19.2 Å². The predicted molar refractivity (Wildman–Crippen MR) is 80.9 cm³/mol. The second-order valence-electron chi connectivity index (χ2n) is 5.65. The molecule has 3 unspecified atom stereocenters. The maximum atomic E-state index is 9.94. The lowest BCUT2D eigenvalue weighted by Crippen LogP contribution is -2.40. The van der Waals surface area contributed by atoms with Gasteiger partial charge in [-0.05, 0) is 30.4 Å². The maximum Gasteiger partial charge on any atom is 0.138 e. The Morgan fingerprint density at radius 2 is 2.00 bits per heavy atom. The third kappa shape index (κ3) is 3.56. The van der Waals surface area contributed by atoms with Crippen LogP contribution in [-0.4, -0.2) is 11.1 Å². The van der Waals surface area contributed by atoms with Crippen molar-refractivity contribution in [1.82, 2.24) is 5.32 Å². The predicted octanol–water partition coefficient (Wildman–Crippen LogP) is 4.61. The molecule has 0 saturated heterocycles. The number of phenols is 1. The molecule has 0 bridgehead atoms. The molecule has 3 atom stereocenters. The van der Waals surface area contributed by atoms with Crippen LogP contribution in [0, 0.1) is 11.8 Å². The van der Waals surface area contributed by atoms with E-state index in [0.29, 0.717) is 28.5 Å². The summed E-state index contributed by atoms with van der Waals surface area (Å²) >= 11 is 11.9. The molecule has 0 amide bonds. The average Bonchev–Trinajstić information content (AvgIpc) is 2.36. The molecule has 0 radical (unpaired) electrons. The first-order valence-electron chi connectivity index (χ1n) is 6.89. The quantitative estimate of drug-likeness (QED) is 0.854. The molecule has 2 N–H and O–H groups in total. The van der Waals surface area contributed by atoms with Crippen LogP contribution in [0.25, 0.3) is 0 Å². The van der Waals surface area contributed by atoms with Gasteiger partial charge in [-0.15, -0.1) is 0 Å². The summed E-state index contributed by atoms with van der Waals surface area (Å²) < 4.78 is 0. The Morgan fingerprint density at radius 1 is 1.26 bits per heavy atom. The Balaban J connectivity index is 2.02. The summed E-state index contributed by atoms with van der Waals surface area (Å²) in [5.74, 6) is 1.54. The molecule has 1 saturated carbocycles. The van der Waals surface area contributed by atoms with Gasteiger partial charge in [0.25, 0.3) is 0 Å². The molecule has 1 aromatic carbocycles. The highest BCUT2D eigenvalue weighted by Gasteiger charge is 2.26. The molecule has 0 heterocycles. The Labute approximate surface area is 125 Å². The van der Waals surface area contributed by atoms with Crippen LogP contribution in [0.1, 0.15) is 38.7 Å². The zero-order chi connectivity index (χ0) is 14.0. The fraction of sp³-hybridized carbons (Fsp3) is 0.600. The maximum absolute atomic E-state index is 9.94. The lowest BCUT2D eigenvalue weighted by atomic mass is 9.78. The van der Waals surface area contributed by atoms with Gasteiger partial charge in [-0.2, -0.15) is 0 Å². The number of nitrogens with one attached hydrogen (secondary N) is 1. The van der Waals surface area contributed by atoms with E-state index in [9.17, 15) is 5.11 Å². The van der Waals surface area contributed by atoms with E-state index in [1.807, 2.05) is 0 Å². The summed E-state index contributed by atoms with van der Waals surface area (Å²) in [5, 5.41) is 14.3. The average molecular weight is 302 g/mol. The van der Waals surface area contributed by atoms with E-state index in [0.717, 1.165) is 11.5 Å². The molecule has 0 aromatic heterocycles. The standard InChI is InChI=1S/C15H21Cl2NO/c1-9-4-3-5-14(10(9)2)18-8-11-6-12(16)7-13(17)15(11)19/h6-7,9-10,14,18-19H,3-5,8H2,1-2H3. The van der Waals surface area contributed by atoms with Crippen LogP contribution in [0.2, 0.25) is 10.0 Å². The number of halogens is 2.